The molecule has 0 spiro atoms. The summed E-state index contributed by atoms with van der Waals surface area (Å²) >= 11 is 2.55. The second kappa shape index (κ2) is 6.04. The van der Waals surface area contributed by atoms with Gasteiger partial charge in [-0.3, -0.25) is 0 Å². The zero-order valence-corrected chi connectivity index (χ0v) is 9.97. The third kappa shape index (κ3) is 4.14. The molecule has 0 rings (SSSR count). The molecule has 66 valence electrons. The minimum Gasteiger partial charge on any atom is -0.103 e. The van der Waals surface area contributed by atoms with Gasteiger partial charge in [0, 0.05) is 3.92 Å². The van der Waals surface area contributed by atoms with Crippen molar-refractivity contribution < 1.29 is 0 Å². The molecule has 3 unspecified atom stereocenters. The van der Waals surface area contributed by atoms with Crippen molar-refractivity contribution in [3.8, 4) is 0 Å². The van der Waals surface area contributed by atoms with Gasteiger partial charge < -0.3 is 0 Å². The van der Waals surface area contributed by atoms with Gasteiger partial charge in [-0.25, -0.2) is 0 Å². The quantitative estimate of drug-likeness (QED) is 0.400. The van der Waals surface area contributed by atoms with Crippen molar-refractivity contribution in [1.29, 1.82) is 0 Å². The van der Waals surface area contributed by atoms with E-state index in [2.05, 4.69) is 56.0 Å². The fourth-order valence-corrected chi connectivity index (χ4v) is 1.92. The van der Waals surface area contributed by atoms with E-state index in [1.54, 1.807) is 0 Å². The van der Waals surface area contributed by atoms with Crippen LogP contribution in [0.15, 0.2) is 12.7 Å². The molecule has 0 N–H and O–H groups in total. The predicted molar refractivity (Wildman–Crippen MR) is 61.2 cm³/mol. The van der Waals surface area contributed by atoms with E-state index in [1.807, 2.05) is 0 Å². The lowest BCUT2D eigenvalue weighted by molar-refractivity contribution is 0.464. The number of alkyl halides is 1. The van der Waals surface area contributed by atoms with Gasteiger partial charge in [0.25, 0.3) is 0 Å². The van der Waals surface area contributed by atoms with Crippen LogP contribution >= 0.6 is 22.6 Å². The second-order valence-electron chi connectivity index (χ2n) is 3.31. The highest BCUT2D eigenvalue weighted by Gasteiger charge is 2.17. The molecular formula is C10H19I. The van der Waals surface area contributed by atoms with Crippen LogP contribution in [0.25, 0.3) is 0 Å². The minimum absolute atomic E-state index is 0.650. The minimum atomic E-state index is 0.650. The van der Waals surface area contributed by atoms with Gasteiger partial charge in [0.1, 0.15) is 0 Å². The summed E-state index contributed by atoms with van der Waals surface area (Å²) in [6, 6.07) is 0. The predicted octanol–water partition coefficient (Wildman–Crippen LogP) is 4.05. The lowest BCUT2D eigenvalue weighted by atomic mass is 9.94. The lowest BCUT2D eigenvalue weighted by Crippen LogP contribution is -2.17. The molecule has 0 fully saturated rings. The molecular weight excluding hydrogens is 247 g/mol. The summed E-state index contributed by atoms with van der Waals surface area (Å²) in [6.45, 7) is 10.6. The molecule has 11 heavy (non-hydrogen) atoms. The van der Waals surface area contributed by atoms with E-state index in [1.165, 1.54) is 12.8 Å². The van der Waals surface area contributed by atoms with E-state index in [4.69, 9.17) is 0 Å². The Morgan fingerprint density at radius 3 is 2.36 bits per heavy atom. The van der Waals surface area contributed by atoms with E-state index in [0.29, 0.717) is 5.92 Å². The maximum atomic E-state index is 3.82. The van der Waals surface area contributed by atoms with Crippen LogP contribution in [0.3, 0.4) is 0 Å². The molecule has 0 bridgehead atoms. The van der Waals surface area contributed by atoms with Gasteiger partial charge in [0.05, 0.1) is 0 Å². The van der Waals surface area contributed by atoms with Crippen LogP contribution in [-0.4, -0.2) is 3.92 Å². The monoisotopic (exact) mass is 266 g/mol. The average molecular weight is 266 g/mol. The zero-order chi connectivity index (χ0) is 8.85. The van der Waals surface area contributed by atoms with Crippen molar-refractivity contribution in [2.75, 3.05) is 0 Å². The van der Waals surface area contributed by atoms with Crippen molar-refractivity contribution in [1.82, 2.24) is 0 Å². The average Bonchev–Trinajstić information content (AvgIpc) is 2.02. The fourth-order valence-electron chi connectivity index (χ4n) is 1.26. The molecule has 1 heteroatoms. The molecule has 0 aromatic rings. The molecule has 0 aromatic carbocycles. The summed E-state index contributed by atoms with van der Waals surface area (Å²) in [6.07, 6.45) is 4.69. The van der Waals surface area contributed by atoms with Gasteiger partial charge in [-0.1, -0.05) is 55.9 Å². The maximum Gasteiger partial charge on any atom is 0.0195 e. The highest BCUT2D eigenvalue weighted by Crippen LogP contribution is 2.25. The number of allylic oxidation sites excluding steroid dienone is 1. The first-order chi connectivity index (χ1) is 5.13. The summed E-state index contributed by atoms with van der Waals surface area (Å²) < 4.78 is 0.755. The van der Waals surface area contributed by atoms with Crippen LogP contribution in [0, 0.1) is 11.8 Å². The van der Waals surface area contributed by atoms with Crippen LogP contribution in [0.2, 0.25) is 0 Å². The molecule has 0 radical (unpaired) electrons. The molecule has 3 atom stereocenters. The van der Waals surface area contributed by atoms with E-state index in [0.717, 1.165) is 9.84 Å². The first-order valence-corrected chi connectivity index (χ1v) is 5.64. The topological polar surface area (TPSA) is 0 Å². The third-order valence-electron chi connectivity index (χ3n) is 2.16. The summed E-state index contributed by atoms with van der Waals surface area (Å²) in [7, 11) is 0. The summed E-state index contributed by atoms with van der Waals surface area (Å²) in [4.78, 5) is 0. The van der Waals surface area contributed by atoms with Gasteiger partial charge >= 0.3 is 0 Å². The van der Waals surface area contributed by atoms with Crippen LogP contribution in [-0.2, 0) is 0 Å². The third-order valence-corrected chi connectivity index (χ3v) is 4.52. The highest BCUT2D eigenvalue weighted by atomic mass is 127. The Kier molecular flexibility index (Phi) is 6.30. The Labute approximate surface area is 84.6 Å². The molecule has 0 saturated heterocycles. The zero-order valence-electron chi connectivity index (χ0n) is 7.81. The maximum absolute atomic E-state index is 3.82. The molecule has 0 saturated carbocycles. The Morgan fingerprint density at radius 1 is 1.45 bits per heavy atom. The molecule has 0 nitrogen and oxygen atoms in total. The van der Waals surface area contributed by atoms with E-state index >= 15 is 0 Å². The first kappa shape index (κ1) is 11.5. The number of halogens is 1. The Bertz CT molecular complexity index is 109. The summed E-state index contributed by atoms with van der Waals surface area (Å²) in [5, 5.41) is 0. The molecule has 0 aromatic heterocycles. The van der Waals surface area contributed by atoms with E-state index < -0.39 is 0 Å². The Balaban J connectivity index is 3.79. The highest BCUT2D eigenvalue weighted by molar-refractivity contribution is 14.1. The van der Waals surface area contributed by atoms with Gasteiger partial charge in [-0.05, 0) is 18.3 Å². The van der Waals surface area contributed by atoms with Crippen LogP contribution in [0.4, 0.5) is 0 Å². The Hall–Kier alpha value is 0.470. The summed E-state index contributed by atoms with van der Waals surface area (Å²) in [5.74, 6) is 1.48. The Morgan fingerprint density at radius 2 is 2.00 bits per heavy atom. The normalized spacial score (nSPS) is 18.9. The standard InChI is InChI=1S/C10H19I/c1-5-7-9(4)10(11)8(3)6-2/h6,8-10H,2,5,7H2,1,3-4H3. The van der Waals surface area contributed by atoms with Crippen LogP contribution < -0.4 is 0 Å². The van der Waals surface area contributed by atoms with Crippen molar-refractivity contribution in [3.05, 3.63) is 12.7 Å². The molecule has 0 amide bonds. The first-order valence-electron chi connectivity index (χ1n) is 4.40. The van der Waals surface area contributed by atoms with Crippen LogP contribution in [0.1, 0.15) is 33.6 Å². The second-order valence-corrected chi connectivity index (χ2v) is 4.74. The van der Waals surface area contributed by atoms with Crippen molar-refractivity contribution in [3.63, 3.8) is 0 Å². The lowest BCUT2D eigenvalue weighted by Gasteiger charge is -2.21. The van der Waals surface area contributed by atoms with Gasteiger partial charge in [0.15, 0.2) is 0 Å². The van der Waals surface area contributed by atoms with Gasteiger partial charge in [0.2, 0.25) is 0 Å². The number of rotatable bonds is 5. The SMILES string of the molecule is C=CC(C)C(I)C(C)CCC. The van der Waals surface area contributed by atoms with Crippen molar-refractivity contribution in [2.45, 2.75) is 37.5 Å². The number of hydrogen-bond donors (Lipinski definition) is 0. The smallest absolute Gasteiger partial charge is 0.0195 e. The molecule has 0 aliphatic rings. The summed E-state index contributed by atoms with van der Waals surface area (Å²) in [5.41, 5.74) is 0. The molecule has 0 heterocycles. The largest absolute Gasteiger partial charge is 0.103 e. The van der Waals surface area contributed by atoms with Crippen molar-refractivity contribution >= 4 is 22.6 Å². The molecule has 0 aliphatic carbocycles. The number of hydrogen-bond acceptors (Lipinski definition) is 0. The van der Waals surface area contributed by atoms with E-state index in [9.17, 15) is 0 Å². The van der Waals surface area contributed by atoms with Crippen LogP contribution in [0.5, 0.6) is 0 Å². The molecule has 0 aliphatic heterocycles. The fraction of sp³-hybridized carbons (Fsp3) is 0.800. The van der Waals surface area contributed by atoms with Gasteiger partial charge in [-0.15, -0.1) is 6.58 Å². The van der Waals surface area contributed by atoms with Gasteiger partial charge in [-0.2, -0.15) is 0 Å². The van der Waals surface area contributed by atoms with E-state index in [-0.39, 0.29) is 0 Å². The van der Waals surface area contributed by atoms with Crippen molar-refractivity contribution in [2.24, 2.45) is 11.8 Å².